The fraction of sp³-hybridized carbons (Fsp3) is 0.529. The Labute approximate surface area is 128 Å². The van der Waals surface area contributed by atoms with E-state index < -0.39 is 6.10 Å². The number of aliphatic hydroxyl groups excluding tert-OH is 1. The molecule has 0 amide bonds. The van der Waals surface area contributed by atoms with E-state index in [0.717, 1.165) is 6.42 Å². The average Bonchev–Trinajstić information content (AvgIpc) is 2.97. The molecule has 5 heteroatoms. The van der Waals surface area contributed by atoms with Gasteiger partial charge >= 0.3 is 0 Å². The summed E-state index contributed by atoms with van der Waals surface area (Å²) in [4.78, 5) is 16.6. The Morgan fingerprint density at radius 3 is 2.86 bits per heavy atom. The molecule has 1 aliphatic carbocycles. The SMILES string of the molecule is Cc1cc2c(=O)n(C[C@@H](O)CC3CCCC3)cnc2cc1F. The van der Waals surface area contributed by atoms with Crippen molar-refractivity contribution in [2.75, 3.05) is 0 Å². The lowest BCUT2D eigenvalue weighted by molar-refractivity contribution is 0.123. The van der Waals surface area contributed by atoms with Gasteiger partial charge in [0, 0.05) is 6.07 Å². The number of halogens is 1. The fourth-order valence-electron chi connectivity index (χ4n) is 3.35. The molecule has 4 nitrogen and oxygen atoms in total. The second kappa shape index (κ2) is 6.16. The van der Waals surface area contributed by atoms with E-state index in [1.807, 2.05) is 0 Å². The quantitative estimate of drug-likeness (QED) is 0.945. The van der Waals surface area contributed by atoms with Crippen molar-refractivity contribution in [3.8, 4) is 0 Å². The first-order chi connectivity index (χ1) is 10.5. The number of hydrogen-bond donors (Lipinski definition) is 1. The Balaban J connectivity index is 1.83. The van der Waals surface area contributed by atoms with E-state index in [0.29, 0.717) is 22.4 Å². The van der Waals surface area contributed by atoms with Crippen molar-refractivity contribution in [2.24, 2.45) is 5.92 Å². The number of aromatic nitrogens is 2. The van der Waals surface area contributed by atoms with Crippen molar-refractivity contribution in [1.29, 1.82) is 0 Å². The summed E-state index contributed by atoms with van der Waals surface area (Å²) in [5.41, 5.74) is 0.559. The molecular formula is C17H21FN2O2. The summed E-state index contributed by atoms with van der Waals surface area (Å²) in [6.07, 6.45) is 6.39. The van der Waals surface area contributed by atoms with Gasteiger partial charge in [0.25, 0.3) is 5.56 Å². The molecule has 1 atom stereocenters. The molecule has 1 aromatic carbocycles. The molecule has 0 unspecified atom stereocenters. The molecule has 0 saturated heterocycles. The predicted octanol–water partition coefficient (Wildman–Crippen LogP) is 2.79. The molecule has 118 valence electrons. The molecule has 3 rings (SSSR count). The van der Waals surface area contributed by atoms with Gasteiger partial charge in [0.1, 0.15) is 5.82 Å². The minimum Gasteiger partial charge on any atom is -0.391 e. The molecule has 1 aliphatic rings. The third kappa shape index (κ3) is 3.04. The van der Waals surface area contributed by atoms with Crippen molar-refractivity contribution in [2.45, 2.75) is 51.7 Å². The van der Waals surface area contributed by atoms with Crippen LogP contribution < -0.4 is 5.56 Å². The van der Waals surface area contributed by atoms with E-state index in [1.165, 1.54) is 48.7 Å². The summed E-state index contributed by atoms with van der Waals surface area (Å²) in [6.45, 7) is 1.87. The largest absolute Gasteiger partial charge is 0.391 e. The third-order valence-corrected chi connectivity index (χ3v) is 4.59. The lowest BCUT2D eigenvalue weighted by Gasteiger charge is -2.16. The van der Waals surface area contributed by atoms with Gasteiger partial charge in [-0.1, -0.05) is 25.7 Å². The predicted molar refractivity (Wildman–Crippen MR) is 83.3 cm³/mol. The first kappa shape index (κ1) is 15.2. The van der Waals surface area contributed by atoms with Gasteiger partial charge < -0.3 is 5.11 Å². The van der Waals surface area contributed by atoms with Gasteiger partial charge in [-0.05, 0) is 30.9 Å². The highest BCUT2D eigenvalue weighted by atomic mass is 19.1. The smallest absolute Gasteiger partial charge is 0.261 e. The molecule has 1 N–H and O–H groups in total. The highest BCUT2D eigenvalue weighted by Crippen LogP contribution is 2.28. The van der Waals surface area contributed by atoms with Gasteiger partial charge in [-0.25, -0.2) is 9.37 Å². The summed E-state index contributed by atoms with van der Waals surface area (Å²) < 4.78 is 15.0. The van der Waals surface area contributed by atoms with Gasteiger partial charge in [-0.2, -0.15) is 0 Å². The number of hydrogen-bond acceptors (Lipinski definition) is 3. The average molecular weight is 304 g/mol. The van der Waals surface area contributed by atoms with E-state index in [-0.39, 0.29) is 17.9 Å². The van der Waals surface area contributed by atoms with E-state index in [9.17, 15) is 14.3 Å². The summed E-state index contributed by atoms with van der Waals surface area (Å²) in [5.74, 6) is 0.203. The third-order valence-electron chi connectivity index (χ3n) is 4.59. The molecule has 1 saturated carbocycles. The molecule has 0 bridgehead atoms. The van der Waals surface area contributed by atoms with Crippen molar-refractivity contribution in [3.63, 3.8) is 0 Å². The summed E-state index contributed by atoms with van der Waals surface area (Å²) in [6, 6.07) is 2.81. The van der Waals surface area contributed by atoms with E-state index in [2.05, 4.69) is 4.98 Å². The minimum atomic E-state index is -0.540. The topological polar surface area (TPSA) is 55.1 Å². The van der Waals surface area contributed by atoms with Gasteiger partial charge in [0.15, 0.2) is 0 Å². The standard InChI is InChI=1S/C17H21FN2O2/c1-11-6-14-16(8-15(11)18)19-10-20(17(14)22)9-13(21)7-12-4-2-3-5-12/h6,8,10,12-13,21H,2-5,7,9H2,1H3/t13-/m0/s1. The molecule has 0 spiro atoms. The lowest BCUT2D eigenvalue weighted by Crippen LogP contribution is -2.28. The Bertz CT molecular complexity index is 735. The lowest BCUT2D eigenvalue weighted by atomic mass is 10.00. The van der Waals surface area contributed by atoms with Crippen LogP contribution in [0.25, 0.3) is 10.9 Å². The Morgan fingerprint density at radius 1 is 1.41 bits per heavy atom. The van der Waals surface area contributed by atoms with Gasteiger partial charge in [0.2, 0.25) is 0 Å². The van der Waals surface area contributed by atoms with Gasteiger partial charge in [0.05, 0.1) is 29.9 Å². The summed E-state index contributed by atoms with van der Waals surface area (Å²) in [7, 11) is 0. The molecule has 2 aromatic rings. The van der Waals surface area contributed by atoms with Gasteiger partial charge in [-0.3, -0.25) is 9.36 Å². The maximum Gasteiger partial charge on any atom is 0.261 e. The normalized spacial score (nSPS) is 17.2. The Morgan fingerprint density at radius 2 is 2.14 bits per heavy atom. The Hall–Kier alpha value is -1.75. The van der Waals surface area contributed by atoms with Crippen LogP contribution in [0.15, 0.2) is 23.3 Å². The molecule has 22 heavy (non-hydrogen) atoms. The molecular weight excluding hydrogens is 283 g/mol. The van der Waals surface area contributed by atoms with Crippen LogP contribution in [0.3, 0.4) is 0 Å². The molecule has 0 aliphatic heterocycles. The zero-order valence-corrected chi connectivity index (χ0v) is 12.8. The highest BCUT2D eigenvalue weighted by Gasteiger charge is 2.19. The molecule has 1 heterocycles. The van der Waals surface area contributed by atoms with Crippen LogP contribution in [0.5, 0.6) is 0 Å². The molecule has 0 radical (unpaired) electrons. The van der Waals surface area contributed by atoms with Crippen molar-refractivity contribution >= 4 is 10.9 Å². The van der Waals surface area contributed by atoms with Crippen LogP contribution in [0, 0.1) is 18.7 Å². The van der Waals surface area contributed by atoms with E-state index in [1.54, 1.807) is 6.92 Å². The van der Waals surface area contributed by atoms with Gasteiger partial charge in [-0.15, -0.1) is 0 Å². The van der Waals surface area contributed by atoms with Crippen LogP contribution in [-0.4, -0.2) is 20.8 Å². The fourth-order valence-corrected chi connectivity index (χ4v) is 3.35. The maximum absolute atomic E-state index is 13.5. The number of rotatable bonds is 4. The number of benzene rings is 1. The zero-order valence-electron chi connectivity index (χ0n) is 12.8. The monoisotopic (exact) mass is 304 g/mol. The highest BCUT2D eigenvalue weighted by molar-refractivity contribution is 5.78. The number of aryl methyl sites for hydroxylation is 1. The van der Waals surface area contributed by atoms with Crippen molar-refractivity contribution < 1.29 is 9.50 Å². The first-order valence-electron chi connectivity index (χ1n) is 7.88. The maximum atomic E-state index is 13.5. The minimum absolute atomic E-state index is 0.224. The first-order valence-corrected chi connectivity index (χ1v) is 7.88. The van der Waals surface area contributed by atoms with Crippen LogP contribution in [0.4, 0.5) is 4.39 Å². The van der Waals surface area contributed by atoms with E-state index in [4.69, 9.17) is 0 Å². The Kier molecular flexibility index (Phi) is 4.25. The summed E-state index contributed by atoms with van der Waals surface area (Å²) >= 11 is 0. The summed E-state index contributed by atoms with van der Waals surface area (Å²) in [5, 5.41) is 10.6. The molecule has 1 aromatic heterocycles. The second-order valence-corrected chi connectivity index (χ2v) is 6.36. The zero-order chi connectivity index (χ0) is 15.7. The number of nitrogens with zero attached hydrogens (tertiary/aromatic N) is 2. The molecule has 1 fully saturated rings. The van der Waals surface area contributed by atoms with E-state index >= 15 is 0 Å². The van der Waals surface area contributed by atoms with Crippen LogP contribution >= 0.6 is 0 Å². The van der Waals surface area contributed by atoms with Crippen LogP contribution in [0.2, 0.25) is 0 Å². The second-order valence-electron chi connectivity index (χ2n) is 6.36. The van der Waals surface area contributed by atoms with Crippen LogP contribution in [-0.2, 0) is 6.54 Å². The number of fused-ring (bicyclic) bond motifs is 1. The van der Waals surface area contributed by atoms with Crippen LogP contribution in [0.1, 0.15) is 37.7 Å². The van der Waals surface area contributed by atoms with Crippen molar-refractivity contribution in [3.05, 3.63) is 40.2 Å². The number of aliphatic hydroxyl groups is 1. The van der Waals surface area contributed by atoms with Crippen molar-refractivity contribution in [1.82, 2.24) is 9.55 Å².